The van der Waals surface area contributed by atoms with Gasteiger partial charge in [0.15, 0.2) is 0 Å². The molecule has 5 heteroatoms. The Morgan fingerprint density at radius 3 is 2.65 bits per heavy atom. The number of piperidine rings is 1. The Bertz CT molecular complexity index is 474. The molecule has 2 rings (SSSR count). The Morgan fingerprint density at radius 1 is 1.22 bits per heavy atom. The van der Waals surface area contributed by atoms with Gasteiger partial charge in [-0.15, -0.1) is 0 Å². The lowest BCUT2D eigenvalue weighted by Crippen LogP contribution is -2.46. The zero-order valence-electron chi connectivity index (χ0n) is 14.1. The summed E-state index contributed by atoms with van der Waals surface area (Å²) in [5.74, 6) is 1.58. The van der Waals surface area contributed by atoms with Crippen molar-refractivity contribution in [1.29, 1.82) is 0 Å². The number of carbonyl (C=O) groups is 1. The highest BCUT2D eigenvalue weighted by Gasteiger charge is 2.29. The van der Waals surface area contributed by atoms with Crippen molar-refractivity contribution >= 4 is 5.97 Å². The monoisotopic (exact) mass is 321 g/mol. The molecule has 0 amide bonds. The summed E-state index contributed by atoms with van der Waals surface area (Å²) in [6.45, 7) is 4.77. The van der Waals surface area contributed by atoms with Gasteiger partial charge in [-0.25, -0.2) is 0 Å². The highest BCUT2D eigenvalue weighted by atomic mass is 16.5. The van der Waals surface area contributed by atoms with Crippen molar-refractivity contribution in [3.05, 3.63) is 24.3 Å². The van der Waals surface area contributed by atoms with Gasteiger partial charge in [0.25, 0.3) is 0 Å². The second-order valence-corrected chi connectivity index (χ2v) is 5.68. The zero-order chi connectivity index (χ0) is 16.5. The quantitative estimate of drug-likeness (QED) is 0.544. The van der Waals surface area contributed by atoms with E-state index in [9.17, 15) is 4.79 Å². The van der Waals surface area contributed by atoms with Crippen LogP contribution in [0.25, 0.3) is 0 Å². The smallest absolute Gasteiger partial charge is 0.323 e. The van der Waals surface area contributed by atoms with Crippen LogP contribution in [0.1, 0.15) is 32.6 Å². The van der Waals surface area contributed by atoms with E-state index in [1.165, 1.54) is 0 Å². The van der Waals surface area contributed by atoms with Crippen LogP contribution in [0, 0.1) is 0 Å². The van der Waals surface area contributed by atoms with Gasteiger partial charge >= 0.3 is 5.97 Å². The molecular formula is C18H27NO4. The van der Waals surface area contributed by atoms with Crippen LogP contribution in [0.15, 0.2) is 24.3 Å². The number of nitrogens with zero attached hydrogens (tertiary/aromatic N) is 1. The van der Waals surface area contributed by atoms with Crippen LogP contribution in [-0.4, -0.2) is 50.3 Å². The van der Waals surface area contributed by atoms with Crippen molar-refractivity contribution in [3.63, 3.8) is 0 Å². The Morgan fingerprint density at radius 2 is 1.96 bits per heavy atom. The summed E-state index contributed by atoms with van der Waals surface area (Å²) >= 11 is 0. The predicted molar refractivity (Wildman–Crippen MR) is 89.0 cm³/mol. The molecule has 0 N–H and O–H groups in total. The average molecular weight is 321 g/mol. The van der Waals surface area contributed by atoms with E-state index >= 15 is 0 Å². The van der Waals surface area contributed by atoms with Gasteiger partial charge in [-0.1, -0.05) is 6.42 Å². The van der Waals surface area contributed by atoms with Crippen molar-refractivity contribution in [1.82, 2.24) is 4.90 Å². The fraction of sp³-hybridized carbons (Fsp3) is 0.611. The van der Waals surface area contributed by atoms with E-state index in [0.717, 1.165) is 50.3 Å². The van der Waals surface area contributed by atoms with Crippen LogP contribution in [0.3, 0.4) is 0 Å². The lowest BCUT2D eigenvalue weighted by molar-refractivity contribution is -0.150. The molecule has 1 aromatic carbocycles. The van der Waals surface area contributed by atoms with E-state index in [2.05, 4.69) is 4.90 Å². The Hall–Kier alpha value is -1.75. The van der Waals surface area contributed by atoms with E-state index in [4.69, 9.17) is 14.2 Å². The van der Waals surface area contributed by atoms with Gasteiger partial charge in [-0.3, -0.25) is 9.69 Å². The molecule has 1 fully saturated rings. The number of hydrogen-bond acceptors (Lipinski definition) is 5. The predicted octanol–water partition coefficient (Wildman–Crippen LogP) is 2.88. The maximum absolute atomic E-state index is 12.0. The number of hydrogen-bond donors (Lipinski definition) is 0. The van der Waals surface area contributed by atoms with Gasteiger partial charge in [0.05, 0.1) is 20.3 Å². The standard InChI is InChI=1S/C18H27NO4/c1-3-22-18(20)17-7-4-5-12-19(17)13-6-14-23-16-10-8-15(21-2)9-11-16/h8-11,17H,3-7,12-14H2,1-2H3. The van der Waals surface area contributed by atoms with Crippen molar-refractivity contribution in [2.75, 3.05) is 33.4 Å². The molecule has 1 saturated heterocycles. The molecule has 1 aromatic rings. The Labute approximate surface area is 138 Å². The lowest BCUT2D eigenvalue weighted by Gasteiger charge is -2.33. The van der Waals surface area contributed by atoms with E-state index < -0.39 is 0 Å². The summed E-state index contributed by atoms with van der Waals surface area (Å²) in [5.41, 5.74) is 0. The fourth-order valence-electron chi connectivity index (χ4n) is 2.89. The van der Waals surface area contributed by atoms with Crippen LogP contribution in [0.5, 0.6) is 11.5 Å². The molecule has 0 spiro atoms. The molecule has 128 valence electrons. The van der Waals surface area contributed by atoms with Crippen LogP contribution in [0.4, 0.5) is 0 Å². The maximum Gasteiger partial charge on any atom is 0.323 e. The van der Waals surface area contributed by atoms with Crippen LogP contribution in [-0.2, 0) is 9.53 Å². The molecule has 0 aliphatic carbocycles. The first-order valence-electron chi connectivity index (χ1n) is 8.42. The third kappa shape index (κ3) is 5.43. The lowest BCUT2D eigenvalue weighted by atomic mass is 10.0. The summed E-state index contributed by atoms with van der Waals surface area (Å²) in [4.78, 5) is 14.3. The SMILES string of the molecule is CCOC(=O)C1CCCCN1CCCOc1ccc(OC)cc1. The normalized spacial score (nSPS) is 18.4. The molecule has 1 aliphatic heterocycles. The van der Waals surface area contributed by atoms with Gasteiger partial charge in [0.1, 0.15) is 17.5 Å². The molecule has 0 bridgehead atoms. The second kappa shape index (κ2) is 9.40. The maximum atomic E-state index is 12.0. The van der Waals surface area contributed by atoms with Crippen molar-refractivity contribution < 1.29 is 19.0 Å². The minimum Gasteiger partial charge on any atom is -0.497 e. The van der Waals surface area contributed by atoms with Crippen LogP contribution < -0.4 is 9.47 Å². The zero-order valence-corrected chi connectivity index (χ0v) is 14.1. The summed E-state index contributed by atoms with van der Waals surface area (Å²) in [6, 6.07) is 7.50. The summed E-state index contributed by atoms with van der Waals surface area (Å²) < 4.78 is 16.0. The number of rotatable bonds is 8. The topological polar surface area (TPSA) is 48.0 Å². The van der Waals surface area contributed by atoms with E-state index in [1.54, 1.807) is 7.11 Å². The molecule has 23 heavy (non-hydrogen) atoms. The molecule has 1 atom stereocenters. The molecule has 1 aliphatic rings. The van der Waals surface area contributed by atoms with Crippen molar-refractivity contribution in [3.8, 4) is 11.5 Å². The number of ether oxygens (including phenoxy) is 3. The third-order valence-corrected chi connectivity index (χ3v) is 4.09. The Balaban J connectivity index is 1.73. The number of benzene rings is 1. The number of methoxy groups -OCH3 is 1. The minimum absolute atomic E-state index is 0.0790. The molecule has 1 unspecified atom stereocenters. The third-order valence-electron chi connectivity index (χ3n) is 4.09. The first kappa shape index (κ1) is 17.6. The summed E-state index contributed by atoms with van der Waals surface area (Å²) in [5, 5.41) is 0. The highest BCUT2D eigenvalue weighted by molar-refractivity contribution is 5.75. The summed E-state index contributed by atoms with van der Waals surface area (Å²) in [7, 11) is 1.65. The van der Waals surface area contributed by atoms with E-state index in [0.29, 0.717) is 13.2 Å². The fourth-order valence-corrected chi connectivity index (χ4v) is 2.89. The second-order valence-electron chi connectivity index (χ2n) is 5.68. The molecule has 0 aromatic heterocycles. The molecule has 0 radical (unpaired) electrons. The molecule has 0 saturated carbocycles. The van der Waals surface area contributed by atoms with Crippen LogP contribution in [0.2, 0.25) is 0 Å². The molecule has 5 nitrogen and oxygen atoms in total. The average Bonchev–Trinajstić information content (AvgIpc) is 2.60. The first-order valence-corrected chi connectivity index (χ1v) is 8.42. The number of esters is 1. The van der Waals surface area contributed by atoms with Crippen molar-refractivity contribution in [2.45, 2.75) is 38.6 Å². The van der Waals surface area contributed by atoms with Gasteiger partial charge < -0.3 is 14.2 Å². The Kier molecular flexibility index (Phi) is 7.20. The van der Waals surface area contributed by atoms with Gasteiger partial charge in [-0.05, 0) is 57.0 Å². The first-order chi connectivity index (χ1) is 11.2. The van der Waals surface area contributed by atoms with Gasteiger partial charge in [-0.2, -0.15) is 0 Å². The van der Waals surface area contributed by atoms with E-state index in [-0.39, 0.29) is 12.0 Å². The minimum atomic E-state index is -0.0803. The largest absolute Gasteiger partial charge is 0.497 e. The van der Waals surface area contributed by atoms with Gasteiger partial charge in [0.2, 0.25) is 0 Å². The summed E-state index contributed by atoms with van der Waals surface area (Å²) in [6.07, 6.45) is 4.04. The van der Waals surface area contributed by atoms with Gasteiger partial charge in [0, 0.05) is 6.54 Å². The number of carbonyl (C=O) groups excluding carboxylic acids is 1. The molecule has 1 heterocycles. The number of likely N-dealkylation sites (tertiary alicyclic amines) is 1. The van der Waals surface area contributed by atoms with Crippen LogP contribution >= 0.6 is 0 Å². The highest BCUT2D eigenvalue weighted by Crippen LogP contribution is 2.19. The van der Waals surface area contributed by atoms with Crippen molar-refractivity contribution in [2.24, 2.45) is 0 Å². The van der Waals surface area contributed by atoms with E-state index in [1.807, 2.05) is 31.2 Å². The molecular weight excluding hydrogens is 294 g/mol.